The molecule has 2 aromatic heterocycles. The van der Waals surface area contributed by atoms with Crippen LogP contribution in [0.15, 0.2) is 41.5 Å². The summed E-state index contributed by atoms with van der Waals surface area (Å²) in [6.07, 6.45) is 3.03. The van der Waals surface area contributed by atoms with Crippen molar-refractivity contribution in [1.82, 2.24) is 19.5 Å². The summed E-state index contributed by atoms with van der Waals surface area (Å²) in [5, 5.41) is 3.19. The van der Waals surface area contributed by atoms with Gasteiger partial charge in [0, 0.05) is 24.6 Å². The Balaban J connectivity index is 2.08. The number of nitrogens with one attached hydrogen (secondary N) is 1. The topological polar surface area (TPSA) is 81.9 Å². The maximum atomic E-state index is 12.7. The van der Waals surface area contributed by atoms with Gasteiger partial charge in [-0.1, -0.05) is 13.8 Å². The van der Waals surface area contributed by atoms with Crippen LogP contribution < -0.4 is 15.6 Å². The molecule has 0 radical (unpaired) electrons. The summed E-state index contributed by atoms with van der Waals surface area (Å²) in [5.74, 6) is 1.50. The van der Waals surface area contributed by atoms with E-state index in [1.807, 2.05) is 38.1 Å². The molecule has 1 aromatic carbocycles. The Labute approximate surface area is 139 Å². The van der Waals surface area contributed by atoms with Crippen LogP contribution in [-0.2, 0) is 6.54 Å². The second kappa shape index (κ2) is 6.66. The molecule has 0 saturated carbocycles. The van der Waals surface area contributed by atoms with Crippen molar-refractivity contribution in [2.75, 3.05) is 12.4 Å². The Morgan fingerprint density at radius 1 is 1.17 bits per heavy atom. The third-order valence-electron chi connectivity index (χ3n) is 3.49. The first kappa shape index (κ1) is 15.9. The summed E-state index contributed by atoms with van der Waals surface area (Å²) in [5.41, 5.74) is 1.22. The highest BCUT2D eigenvalue weighted by Crippen LogP contribution is 2.19. The number of hydrogen-bond donors (Lipinski definition) is 1. The summed E-state index contributed by atoms with van der Waals surface area (Å²) in [6.45, 7) is 4.63. The lowest BCUT2D eigenvalue weighted by molar-refractivity contribution is 0.415. The molecular weight excluding hydrogens is 306 g/mol. The molecule has 0 aliphatic carbocycles. The number of fused-ring (bicyclic) bond motifs is 1. The molecule has 0 aliphatic heterocycles. The zero-order chi connectivity index (χ0) is 17.1. The number of nitrogens with zero attached hydrogens (tertiary/aromatic N) is 4. The van der Waals surface area contributed by atoms with Crippen molar-refractivity contribution >= 4 is 22.8 Å². The molecule has 2 heterocycles. The van der Waals surface area contributed by atoms with Crippen molar-refractivity contribution < 1.29 is 4.74 Å². The average molecular weight is 325 g/mol. The molecule has 0 unspecified atom stereocenters. The number of anilines is 2. The summed E-state index contributed by atoms with van der Waals surface area (Å²) in [6, 6.07) is 7.42. The van der Waals surface area contributed by atoms with Crippen LogP contribution in [-0.4, -0.2) is 26.6 Å². The maximum absolute atomic E-state index is 12.7. The summed E-state index contributed by atoms with van der Waals surface area (Å²) in [4.78, 5) is 25.5. The highest BCUT2D eigenvalue weighted by Gasteiger charge is 2.14. The van der Waals surface area contributed by atoms with Crippen LogP contribution >= 0.6 is 0 Å². The fraction of sp³-hybridized carbons (Fsp3) is 0.294. The van der Waals surface area contributed by atoms with Crippen LogP contribution in [0.4, 0.5) is 11.6 Å². The van der Waals surface area contributed by atoms with Gasteiger partial charge in [0.2, 0.25) is 5.95 Å². The Kier molecular flexibility index (Phi) is 4.41. The van der Waals surface area contributed by atoms with Crippen LogP contribution in [0.3, 0.4) is 0 Å². The van der Waals surface area contributed by atoms with Crippen LogP contribution in [0.1, 0.15) is 13.8 Å². The second-order valence-electron chi connectivity index (χ2n) is 5.83. The largest absolute Gasteiger partial charge is 0.497 e. The van der Waals surface area contributed by atoms with Gasteiger partial charge in [-0.25, -0.2) is 9.97 Å². The molecule has 3 rings (SSSR count). The van der Waals surface area contributed by atoms with E-state index >= 15 is 0 Å². The molecule has 0 atom stereocenters. The minimum Gasteiger partial charge on any atom is -0.497 e. The van der Waals surface area contributed by atoms with Crippen molar-refractivity contribution in [3.8, 4) is 5.75 Å². The van der Waals surface area contributed by atoms with Gasteiger partial charge in [0.15, 0.2) is 11.2 Å². The highest BCUT2D eigenvalue weighted by molar-refractivity contribution is 5.70. The van der Waals surface area contributed by atoms with Crippen molar-refractivity contribution in [2.45, 2.75) is 20.4 Å². The molecule has 0 amide bonds. The van der Waals surface area contributed by atoms with Gasteiger partial charge in [0.1, 0.15) is 5.75 Å². The predicted octanol–water partition coefficient (Wildman–Crippen LogP) is 2.59. The Hall–Kier alpha value is -2.96. The van der Waals surface area contributed by atoms with Gasteiger partial charge in [-0.15, -0.1) is 0 Å². The number of rotatable bonds is 5. The first-order chi connectivity index (χ1) is 11.6. The predicted molar refractivity (Wildman–Crippen MR) is 92.7 cm³/mol. The molecule has 7 nitrogen and oxygen atoms in total. The molecule has 0 saturated heterocycles. The molecular formula is C17H19N5O2. The molecule has 0 aliphatic rings. The van der Waals surface area contributed by atoms with E-state index in [1.165, 1.54) is 12.4 Å². The number of benzene rings is 1. The quantitative estimate of drug-likeness (QED) is 0.776. The lowest BCUT2D eigenvalue weighted by Gasteiger charge is -2.16. The van der Waals surface area contributed by atoms with E-state index in [9.17, 15) is 4.79 Å². The van der Waals surface area contributed by atoms with Gasteiger partial charge >= 0.3 is 0 Å². The highest BCUT2D eigenvalue weighted by atomic mass is 16.5. The lowest BCUT2D eigenvalue weighted by atomic mass is 10.2. The minimum absolute atomic E-state index is 0.196. The van der Waals surface area contributed by atoms with Gasteiger partial charge in [-0.3, -0.25) is 9.36 Å². The molecule has 0 fully saturated rings. The molecule has 3 aromatic rings. The van der Waals surface area contributed by atoms with Gasteiger partial charge in [0.25, 0.3) is 5.56 Å². The van der Waals surface area contributed by atoms with Gasteiger partial charge in [-0.05, 0) is 30.2 Å². The summed E-state index contributed by atoms with van der Waals surface area (Å²) < 4.78 is 6.76. The fourth-order valence-electron chi connectivity index (χ4n) is 2.38. The molecule has 124 valence electrons. The van der Waals surface area contributed by atoms with Gasteiger partial charge in [0.05, 0.1) is 7.11 Å². The zero-order valence-corrected chi connectivity index (χ0v) is 13.9. The SMILES string of the molecule is COc1ccc(Nc2nc3nccnc3c(=O)n2CC(C)C)cc1. The normalized spacial score (nSPS) is 11.0. The van der Waals surface area contributed by atoms with Crippen LogP contribution in [0.5, 0.6) is 5.75 Å². The van der Waals surface area contributed by atoms with Crippen molar-refractivity contribution in [3.05, 3.63) is 47.0 Å². The number of hydrogen-bond acceptors (Lipinski definition) is 6. The number of methoxy groups -OCH3 is 1. The van der Waals surface area contributed by atoms with E-state index in [2.05, 4.69) is 20.3 Å². The van der Waals surface area contributed by atoms with Crippen molar-refractivity contribution in [3.63, 3.8) is 0 Å². The van der Waals surface area contributed by atoms with Crippen molar-refractivity contribution in [2.24, 2.45) is 5.92 Å². The lowest BCUT2D eigenvalue weighted by Crippen LogP contribution is -2.27. The average Bonchev–Trinajstić information content (AvgIpc) is 2.59. The standard InChI is InChI=1S/C17H19N5O2/c1-11(2)10-22-16(23)14-15(19-9-8-18-14)21-17(22)20-12-4-6-13(24-3)7-5-12/h4-9,11H,10H2,1-3H3,(H,19,20,21). The molecule has 0 bridgehead atoms. The van der Waals surface area contributed by atoms with Gasteiger partial charge in [-0.2, -0.15) is 4.98 Å². The molecule has 1 N–H and O–H groups in total. The van der Waals surface area contributed by atoms with E-state index in [4.69, 9.17) is 4.74 Å². The summed E-state index contributed by atoms with van der Waals surface area (Å²) in [7, 11) is 1.62. The fourth-order valence-corrected chi connectivity index (χ4v) is 2.38. The first-order valence-electron chi connectivity index (χ1n) is 7.71. The van der Waals surface area contributed by atoms with E-state index in [-0.39, 0.29) is 17.0 Å². The third kappa shape index (κ3) is 3.19. The van der Waals surface area contributed by atoms with E-state index in [0.29, 0.717) is 18.1 Å². The first-order valence-corrected chi connectivity index (χ1v) is 7.71. The van der Waals surface area contributed by atoms with Crippen LogP contribution in [0.2, 0.25) is 0 Å². The second-order valence-corrected chi connectivity index (χ2v) is 5.83. The zero-order valence-electron chi connectivity index (χ0n) is 13.9. The molecule has 24 heavy (non-hydrogen) atoms. The smallest absolute Gasteiger partial charge is 0.283 e. The van der Waals surface area contributed by atoms with E-state index < -0.39 is 0 Å². The molecule has 7 heteroatoms. The molecule has 0 spiro atoms. The maximum Gasteiger partial charge on any atom is 0.283 e. The minimum atomic E-state index is -0.196. The Morgan fingerprint density at radius 2 is 1.88 bits per heavy atom. The van der Waals surface area contributed by atoms with Crippen LogP contribution in [0.25, 0.3) is 11.2 Å². The Bertz CT molecular complexity index is 903. The van der Waals surface area contributed by atoms with E-state index in [1.54, 1.807) is 11.7 Å². The van der Waals surface area contributed by atoms with E-state index in [0.717, 1.165) is 11.4 Å². The Morgan fingerprint density at radius 3 is 2.54 bits per heavy atom. The summed E-state index contributed by atoms with van der Waals surface area (Å²) >= 11 is 0. The number of ether oxygens (including phenoxy) is 1. The van der Waals surface area contributed by atoms with Crippen LogP contribution in [0, 0.1) is 5.92 Å². The van der Waals surface area contributed by atoms with Crippen molar-refractivity contribution in [1.29, 1.82) is 0 Å². The monoisotopic (exact) mass is 325 g/mol. The number of aromatic nitrogens is 4. The van der Waals surface area contributed by atoms with Gasteiger partial charge < -0.3 is 10.1 Å². The third-order valence-corrected chi connectivity index (χ3v) is 3.49.